The van der Waals surface area contributed by atoms with Crippen molar-refractivity contribution in [2.75, 3.05) is 12.4 Å². The van der Waals surface area contributed by atoms with Crippen LogP contribution in [0.2, 0.25) is 0 Å². The van der Waals surface area contributed by atoms with Crippen LogP contribution in [0.3, 0.4) is 0 Å². The molecule has 0 unspecified atom stereocenters. The van der Waals surface area contributed by atoms with Gasteiger partial charge in [0.2, 0.25) is 5.89 Å². The summed E-state index contributed by atoms with van der Waals surface area (Å²) in [7, 11) is 1.57. The van der Waals surface area contributed by atoms with Crippen LogP contribution in [0.5, 0.6) is 5.75 Å². The fraction of sp³-hybridized carbons (Fsp3) is 0.0400. The highest BCUT2D eigenvalue weighted by Crippen LogP contribution is 2.33. The van der Waals surface area contributed by atoms with Crippen molar-refractivity contribution < 1.29 is 13.9 Å². The van der Waals surface area contributed by atoms with Crippen molar-refractivity contribution in [3.8, 4) is 17.2 Å². The Morgan fingerprint density at radius 3 is 2.61 bits per heavy atom. The van der Waals surface area contributed by atoms with Gasteiger partial charge >= 0.3 is 0 Å². The van der Waals surface area contributed by atoms with Crippen LogP contribution in [-0.2, 0) is 0 Å². The topological polar surface area (TPSA) is 64.4 Å². The number of halogens is 1. The molecule has 0 aliphatic rings. The Labute approximate surface area is 186 Å². The van der Waals surface area contributed by atoms with Gasteiger partial charge < -0.3 is 14.5 Å². The average molecular weight is 473 g/mol. The summed E-state index contributed by atoms with van der Waals surface area (Å²) >= 11 is 3.55. The lowest BCUT2D eigenvalue weighted by molar-refractivity contribution is 0.102. The van der Waals surface area contributed by atoms with Crippen molar-refractivity contribution in [3.63, 3.8) is 0 Å². The smallest absolute Gasteiger partial charge is 0.256 e. The SMILES string of the molecule is COc1ccc(-c2nc3ccccc3o2)cc1NC(=O)c1cccc2c(Br)cccc12. The predicted octanol–water partition coefficient (Wildman–Crippen LogP) is 6.67. The molecule has 0 spiro atoms. The number of aromatic nitrogens is 1. The predicted molar refractivity (Wildman–Crippen MR) is 126 cm³/mol. The number of nitrogens with zero attached hydrogens (tertiary/aromatic N) is 1. The van der Waals surface area contributed by atoms with E-state index in [0.717, 1.165) is 26.3 Å². The van der Waals surface area contributed by atoms with Crippen LogP contribution < -0.4 is 10.1 Å². The number of fused-ring (bicyclic) bond motifs is 2. The second kappa shape index (κ2) is 7.89. The molecule has 0 fully saturated rings. The third-order valence-corrected chi connectivity index (χ3v) is 5.79. The van der Waals surface area contributed by atoms with Gasteiger partial charge in [0.15, 0.2) is 5.58 Å². The Kier molecular flexibility index (Phi) is 4.92. The second-order valence-corrected chi connectivity index (χ2v) is 7.85. The highest BCUT2D eigenvalue weighted by Gasteiger charge is 2.16. The zero-order valence-electron chi connectivity index (χ0n) is 16.6. The van der Waals surface area contributed by atoms with E-state index in [2.05, 4.69) is 26.2 Å². The van der Waals surface area contributed by atoms with Gasteiger partial charge in [0.25, 0.3) is 5.91 Å². The number of benzene rings is 4. The first-order chi connectivity index (χ1) is 15.1. The average Bonchev–Trinajstić information content (AvgIpc) is 3.23. The number of para-hydroxylation sites is 2. The summed E-state index contributed by atoms with van der Waals surface area (Å²) in [5.41, 5.74) is 3.35. The Hall–Kier alpha value is -3.64. The minimum atomic E-state index is -0.225. The van der Waals surface area contributed by atoms with Gasteiger partial charge in [-0.05, 0) is 53.2 Å². The van der Waals surface area contributed by atoms with Crippen LogP contribution >= 0.6 is 15.9 Å². The Morgan fingerprint density at radius 1 is 0.968 bits per heavy atom. The maximum atomic E-state index is 13.2. The zero-order valence-corrected chi connectivity index (χ0v) is 18.1. The van der Waals surface area contributed by atoms with E-state index in [1.165, 1.54) is 0 Å². The van der Waals surface area contributed by atoms with Gasteiger partial charge in [-0.2, -0.15) is 0 Å². The minimum Gasteiger partial charge on any atom is -0.495 e. The third kappa shape index (κ3) is 3.55. The van der Waals surface area contributed by atoms with Crippen LogP contribution in [0.15, 0.2) is 87.8 Å². The molecule has 0 aliphatic carbocycles. The van der Waals surface area contributed by atoms with Crippen LogP contribution in [0, 0.1) is 0 Å². The fourth-order valence-corrected chi connectivity index (χ4v) is 4.09. The number of nitrogens with one attached hydrogen (secondary N) is 1. The number of carbonyl (C=O) groups excluding carboxylic acids is 1. The normalized spacial score (nSPS) is 11.0. The van der Waals surface area contributed by atoms with E-state index in [-0.39, 0.29) is 5.91 Å². The van der Waals surface area contributed by atoms with Crippen molar-refractivity contribution >= 4 is 49.4 Å². The molecular formula is C25H17BrN2O3. The van der Waals surface area contributed by atoms with Gasteiger partial charge in [0.05, 0.1) is 12.8 Å². The van der Waals surface area contributed by atoms with Crippen LogP contribution in [0.1, 0.15) is 10.4 Å². The molecule has 1 aromatic heterocycles. The van der Waals surface area contributed by atoms with Gasteiger partial charge in [0, 0.05) is 15.6 Å². The molecule has 0 bridgehead atoms. The highest BCUT2D eigenvalue weighted by molar-refractivity contribution is 9.10. The first kappa shape index (κ1) is 19.3. The van der Waals surface area contributed by atoms with Crippen LogP contribution in [-0.4, -0.2) is 18.0 Å². The van der Waals surface area contributed by atoms with Gasteiger partial charge in [-0.15, -0.1) is 0 Å². The summed E-state index contributed by atoms with van der Waals surface area (Å²) in [5.74, 6) is 0.805. The summed E-state index contributed by atoms with van der Waals surface area (Å²) in [6.45, 7) is 0. The van der Waals surface area contributed by atoms with E-state index in [1.54, 1.807) is 19.2 Å². The quantitative estimate of drug-likeness (QED) is 0.317. The monoisotopic (exact) mass is 472 g/mol. The molecule has 5 nitrogen and oxygen atoms in total. The number of methoxy groups -OCH3 is 1. The molecule has 0 radical (unpaired) electrons. The maximum absolute atomic E-state index is 13.2. The lowest BCUT2D eigenvalue weighted by atomic mass is 10.0. The number of carbonyl (C=O) groups is 1. The molecule has 5 aromatic rings. The number of hydrogen-bond acceptors (Lipinski definition) is 4. The molecule has 5 rings (SSSR count). The number of anilines is 1. The van der Waals surface area contributed by atoms with Crippen LogP contribution in [0.4, 0.5) is 5.69 Å². The molecule has 0 saturated heterocycles. The van der Waals surface area contributed by atoms with Gasteiger partial charge in [0.1, 0.15) is 11.3 Å². The van der Waals surface area contributed by atoms with E-state index in [4.69, 9.17) is 9.15 Å². The first-order valence-corrected chi connectivity index (χ1v) is 10.5. The van der Waals surface area contributed by atoms with Gasteiger partial charge in [-0.1, -0.05) is 52.3 Å². The van der Waals surface area contributed by atoms with Crippen molar-refractivity contribution in [2.45, 2.75) is 0 Å². The largest absolute Gasteiger partial charge is 0.495 e. The Morgan fingerprint density at radius 2 is 1.77 bits per heavy atom. The van der Waals surface area contributed by atoms with Crippen molar-refractivity contribution in [3.05, 3.63) is 88.9 Å². The molecular weight excluding hydrogens is 456 g/mol. The summed E-state index contributed by atoms with van der Waals surface area (Å²) in [5, 5.41) is 4.82. The van der Waals surface area contributed by atoms with Crippen LogP contribution in [0.25, 0.3) is 33.3 Å². The summed E-state index contributed by atoms with van der Waals surface area (Å²) in [6.07, 6.45) is 0. The van der Waals surface area contributed by atoms with Gasteiger partial charge in [-0.3, -0.25) is 4.79 Å². The lowest BCUT2D eigenvalue weighted by Crippen LogP contribution is -2.13. The van der Waals surface area contributed by atoms with Crippen molar-refractivity contribution in [1.82, 2.24) is 4.98 Å². The summed E-state index contributed by atoms with van der Waals surface area (Å²) in [4.78, 5) is 17.7. The van der Waals surface area contributed by atoms with Gasteiger partial charge in [-0.25, -0.2) is 4.98 Å². The fourth-order valence-electron chi connectivity index (χ4n) is 3.59. The van der Waals surface area contributed by atoms with E-state index < -0.39 is 0 Å². The molecule has 1 heterocycles. The molecule has 31 heavy (non-hydrogen) atoms. The number of hydrogen-bond donors (Lipinski definition) is 1. The Balaban J connectivity index is 1.53. The minimum absolute atomic E-state index is 0.225. The Bertz CT molecular complexity index is 1410. The lowest BCUT2D eigenvalue weighted by Gasteiger charge is -2.13. The zero-order chi connectivity index (χ0) is 21.4. The number of rotatable bonds is 4. The standard InChI is InChI=1S/C25H17BrN2O3/c1-30-22-13-12-15(25-28-20-10-2-3-11-23(20)31-25)14-21(22)27-24(29)18-8-4-7-17-16(18)6-5-9-19(17)26/h2-14H,1H3,(H,27,29). The van der Waals surface area contributed by atoms with E-state index in [0.29, 0.717) is 28.5 Å². The second-order valence-electron chi connectivity index (χ2n) is 7.00. The summed E-state index contributed by atoms with van der Waals surface area (Å²) < 4.78 is 12.3. The molecule has 1 amide bonds. The molecule has 0 aliphatic heterocycles. The molecule has 0 atom stereocenters. The molecule has 4 aromatic carbocycles. The number of amides is 1. The van der Waals surface area contributed by atoms with E-state index in [1.807, 2.05) is 66.7 Å². The summed E-state index contributed by atoms with van der Waals surface area (Å²) in [6, 6.07) is 24.5. The third-order valence-electron chi connectivity index (χ3n) is 5.10. The maximum Gasteiger partial charge on any atom is 0.256 e. The molecule has 0 saturated carbocycles. The molecule has 1 N–H and O–H groups in total. The molecule has 152 valence electrons. The number of oxazole rings is 1. The molecule has 6 heteroatoms. The van der Waals surface area contributed by atoms with E-state index >= 15 is 0 Å². The van der Waals surface area contributed by atoms with Crippen molar-refractivity contribution in [1.29, 1.82) is 0 Å². The highest BCUT2D eigenvalue weighted by atomic mass is 79.9. The first-order valence-electron chi connectivity index (χ1n) is 9.66. The van der Waals surface area contributed by atoms with Crippen molar-refractivity contribution in [2.24, 2.45) is 0 Å². The van der Waals surface area contributed by atoms with E-state index in [9.17, 15) is 4.79 Å². The number of ether oxygens (including phenoxy) is 1.